The van der Waals surface area contributed by atoms with Gasteiger partial charge in [-0.15, -0.1) is 11.3 Å². The van der Waals surface area contributed by atoms with Crippen molar-refractivity contribution in [2.45, 2.75) is 18.3 Å². The summed E-state index contributed by atoms with van der Waals surface area (Å²) in [6.45, 7) is 0. The van der Waals surface area contributed by atoms with Crippen LogP contribution >= 0.6 is 11.3 Å². The molecule has 0 saturated heterocycles. The summed E-state index contributed by atoms with van der Waals surface area (Å²) in [5, 5.41) is -0.330. The highest BCUT2D eigenvalue weighted by Gasteiger charge is 2.58. The van der Waals surface area contributed by atoms with Gasteiger partial charge in [0.1, 0.15) is 0 Å². The molecule has 1 heterocycles. The number of thiazole rings is 1. The molecule has 9 heteroatoms. The summed E-state index contributed by atoms with van der Waals surface area (Å²) in [6.07, 6.45) is -10.3. The van der Waals surface area contributed by atoms with Crippen LogP contribution in [0.5, 0.6) is 0 Å². The van der Waals surface area contributed by atoms with Crippen molar-refractivity contribution >= 4 is 16.5 Å². The lowest BCUT2D eigenvalue weighted by molar-refractivity contribution is -0.252. The summed E-state index contributed by atoms with van der Waals surface area (Å²) < 4.78 is 72.8. The van der Waals surface area contributed by atoms with Crippen LogP contribution in [0.4, 0.5) is 31.5 Å². The number of hydrogen-bond donors (Lipinski definition) is 1. The number of nitrogens with two attached hydrogens (primary N) is 1. The van der Waals surface area contributed by atoms with Crippen molar-refractivity contribution in [3.8, 4) is 0 Å². The van der Waals surface area contributed by atoms with Crippen LogP contribution in [0.25, 0.3) is 0 Å². The lowest BCUT2D eigenvalue weighted by Crippen LogP contribution is -2.33. The zero-order valence-corrected chi connectivity index (χ0v) is 7.67. The van der Waals surface area contributed by atoms with Gasteiger partial charge in [-0.05, 0) is 0 Å². The average Bonchev–Trinajstić information content (AvgIpc) is 2.28. The standard InChI is InChI=1S/C6H4F6N2S/c7-5(8,9)3(6(10,11)12)2-1-14-4(13)15-2/h1,3H,(H2,13,14). The van der Waals surface area contributed by atoms with Crippen LogP contribution in [0.2, 0.25) is 0 Å². The molecule has 0 atom stereocenters. The molecule has 0 aromatic carbocycles. The summed E-state index contributed by atoms with van der Waals surface area (Å²) in [7, 11) is 0. The number of alkyl halides is 6. The van der Waals surface area contributed by atoms with E-state index < -0.39 is 23.1 Å². The van der Waals surface area contributed by atoms with Gasteiger partial charge in [0.15, 0.2) is 11.0 Å². The summed E-state index contributed by atoms with van der Waals surface area (Å²) in [4.78, 5) is 2.21. The minimum atomic E-state index is -5.39. The SMILES string of the molecule is Nc1ncc(C(C(F)(F)F)C(F)(F)F)s1. The van der Waals surface area contributed by atoms with E-state index in [1.807, 2.05) is 0 Å². The quantitative estimate of drug-likeness (QED) is 0.778. The Morgan fingerprint density at radius 2 is 1.60 bits per heavy atom. The molecule has 0 amide bonds. The first-order valence-corrected chi connectivity index (χ1v) is 4.28. The number of nitrogens with zero attached hydrogens (tertiary/aromatic N) is 1. The second kappa shape index (κ2) is 3.54. The third kappa shape index (κ3) is 2.74. The Morgan fingerprint density at radius 1 is 1.13 bits per heavy atom. The number of rotatable bonds is 1. The number of halogens is 6. The van der Waals surface area contributed by atoms with Gasteiger partial charge in [-0.3, -0.25) is 0 Å². The molecule has 0 unspecified atom stereocenters. The van der Waals surface area contributed by atoms with E-state index in [4.69, 9.17) is 5.73 Å². The van der Waals surface area contributed by atoms with Crippen molar-refractivity contribution in [3.63, 3.8) is 0 Å². The van der Waals surface area contributed by atoms with Crippen LogP contribution in [0, 0.1) is 0 Å². The molecular weight excluding hydrogens is 246 g/mol. The number of hydrogen-bond acceptors (Lipinski definition) is 3. The normalized spacial score (nSPS) is 13.5. The minimum Gasteiger partial charge on any atom is -0.375 e. The van der Waals surface area contributed by atoms with E-state index in [-0.39, 0.29) is 16.5 Å². The van der Waals surface area contributed by atoms with E-state index in [2.05, 4.69) is 4.98 Å². The molecule has 2 N–H and O–H groups in total. The second-order valence-electron chi connectivity index (χ2n) is 2.62. The van der Waals surface area contributed by atoms with E-state index in [9.17, 15) is 26.3 Å². The molecule has 0 radical (unpaired) electrons. The van der Waals surface area contributed by atoms with Crippen molar-refractivity contribution in [1.82, 2.24) is 4.98 Å². The topological polar surface area (TPSA) is 38.9 Å². The second-order valence-corrected chi connectivity index (χ2v) is 3.71. The van der Waals surface area contributed by atoms with Gasteiger partial charge in [-0.25, -0.2) is 4.98 Å². The maximum absolute atomic E-state index is 12.1. The van der Waals surface area contributed by atoms with Gasteiger partial charge in [0.25, 0.3) is 0 Å². The van der Waals surface area contributed by atoms with Crippen molar-refractivity contribution in [2.24, 2.45) is 0 Å². The Balaban J connectivity index is 3.14. The maximum atomic E-state index is 12.1. The van der Waals surface area contributed by atoms with E-state index in [1.54, 1.807) is 0 Å². The molecule has 0 aliphatic rings. The Morgan fingerprint density at radius 3 is 1.87 bits per heavy atom. The smallest absolute Gasteiger partial charge is 0.375 e. The minimum absolute atomic E-state index is 0.176. The largest absolute Gasteiger partial charge is 0.405 e. The molecule has 0 saturated carbocycles. The Labute approximate surface area is 83.7 Å². The van der Waals surface area contributed by atoms with Crippen LogP contribution in [-0.2, 0) is 0 Å². The van der Waals surface area contributed by atoms with Gasteiger partial charge in [0.05, 0.1) is 0 Å². The first-order chi connectivity index (χ1) is 6.62. The molecule has 2 nitrogen and oxygen atoms in total. The Hall–Kier alpha value is -0.990. The molecule has 1 aromatic rings. The van der Waals surface area contributed by atoms with Crippen molar-refractivity contribution in [1.29, 1.82) is 0 Å². The molecule has 15 heavy (non-hydrogen) atoms. The fourth-order valence-electron chi connectivity index (χ4n) is 0.942. The highest BCUT2D eigenvalue weighted by molar-refractivity contribution is 7.15. The van der Waals surface area contributed by atoms with Gasteiger partial charge < -0.3 is 5.73 Å². The van der Waals surface area contributed by atoms with Gasteiger partial charge >= 0.3 is 12.4 Å². The predicted octanol–water partition coefficient (Wildman–Crippen LogP) is 2.93. The Kier molecular flexibility index (Phi) is 2.85. The van der Waals surface area contributed by atoms with Crippen LogP contribution in [0.15, 0.2) is 6.20 Å². The van der Waals surface area contributed by atoms with Crippen LogP contribution < -0.4 is 5.73 Å². The summed E-state index contributed by atoms with van der Waals surface area (Å²) in [5.41, 5.74) is 4.98. The van der Waals surface area contributed by atoms with Gasteiger partial charge in [0.2, 0.25) is 0 Å². The fraction of sp³-hybridized carbons (Fsp3) is 0.500. The van der Waals surface area contributed by atoms with Crippen LogP contribution in [0.3, 0.4) is 0 Å². The van der Waals surface area contributed by atoms with E-state index in [0.29, 0.717) is 6.20 Å². The van der Waals surface area contributed by atoms with Crippen LogP contribution in [-0.4, -0.2) is 17.3 Å². The first kappa shape index (κ1) is 12.1. The summed E-state index contributed by atoms with van der Waals surface area (Å²) in [5.74, 6) is -3.51. The zero-order valence-electron chi connectivity index (χ0n) is 6.86. The van der Waals surface area contributed by atoms with Crippen molar-refractivity contribution in [3.05, 3.63) is 11.1 Å². The molecule has 0 aliphatic carbocycles. The van der Waals surface area contributed by atoms with Gasteiger partial charge in [0, 0.05) is 11.1 Å². The van der Waals surface area contributed by atoms with Crippen molar-refractivity contribution in [2.75, 3.05) is 5.73 Å². The predicted molar refractivity (Wildman–Crippen MR) is 41.4 cm³/mol. The molecule has 1 rings (SSSR count). The lowest BCUT2D eigenvalue weighted by Gasteiger charge is -2.21. The molecule has 86 valence electrons. The fourth-order valence-corrected chi connectivity index (χ4v) is 1.78. The highest BCUT2D eigenvalue weighted by Crippen LogP contribution is 2.47. The summed E-state index contributed by atoms with van der Waals surface area (Å²) in [6, 6.07) is 0. The van der Waals surface area contributed by atoms with Crippen molar-refractivity contribution < 1.29 is 26.3 Å². The van der Waals surface area contributed by atoms with E-state index >= 15 is 0 Å². The monoisotopic (exact) mass is 250 g/mol. The summed E-state index contributed by atoms with van der Waals surface area (Å²) >= 11 is 0.176. The lowest BCUT2D eigenvalue weighted by atomic mass is 10.1. The molecule has 0 bridgehead atoms. The molecule has 0 spiro atoms. The third-order valence-corrected chi connectivity index (χ3v) is 2.37. The van der Waals surface area contributed by atoms with Crippen LogP contribution in [0.1, 0.15) is 10.8 Å². The highest BCUT2D eigenvalue weighted by atomic mass is 32.1. The number of nitrogen functional groups attached to an aromatic ring is 1. The number of aromatic nitrogens is 1. The zero-order chi connectivity index (χ0) is 11.9. The van der Waals surface area contributed by atoms with E-state index in [0.717, 1.165) is 0 Å². The molecule has 1 aromatic heterocycles. The van der Waals surface area contributed by atoms with Gasteiger partial charge in [-0.2, -0.15) is 26.3 Å². The average molecular weight is 250 g/mol. The Bertz CT molecular complexity index is 326. The molecule has 0 fully saturated rings. The number of anilines is 1. The first-order valence-electron chi connectivity index (χ1n) is 3.47. The molecule has 0 aliphatic heterocycles. The third-order valence-electron chi connectivity index (χ3n) is 1.48. The maximum Gasteiger partial charge on any atom is 0.405 e. The van der Waals surface area contributed by atoms with E-state index in [1.165, 1.54) is 0 Å². The van der Waals surface area contributed by atoms with Gasteiger partial charge in [-0.1, -0.05) is 0 Å². The molecular formula is C6H4F6N2S.